The molecule has 1 heterocycles. The van der Waals surface area contributed by atoms with Crippen LogP contribution in [0.4, 0.5) is 0 Å². The molecule has 4 nitrogen and oxygen atoms in total. The number of carbonyl (C=O) groups excluding carboxylic acids is 1. The topological polar surface area (TPSA) is 44.8 Å². The van der Waals surface area contributed by atoms with E-state index in [0.717, 1.165) is 0 Å². The summed E-state index contributed by atoms with van der Waals surface area (Å²) >= 11 is 0. The van der Waals surface area contributed by atoms with Crippen LogP contribution in [0.1, 0.15) is 41.0 Å². The Morgan fingerprint density at radius 1 is 0.769 bits per heavy atom. The van der Waals surface area contributed by atoms with E-state index < -0.39 is 16.6 Å². The lowest BCUT2D eigenvalue weighted by Crippen LogP contribution is -2.69. The maximum Gasteiger partial charge on any atom is 0.311 e. The van der Waals surface area contributed by atoms with Crippen molar-refractivity contribution in [3.05, 3.63) is 91.0 Å². The van der Waals surface area contributed by atoms with Gasteiger partial charge in [-0.1, -0.05) is 119 Å². The first-order valence-corrected chi connectivity index (χ1v) is 19.0. The van der Waals surface area contributed by atoms with Crippen molar-refractivity contribution >= 4 is 38.2 Å². The van der Waals surface area contributed by atoms with E-state index in [9.17, 15) is 4.79 Å². The molecule has 0 N–H and O–H groups in total. The first-order chi connectivity index (χ1) is 18.5. The fourth-order valence-electron chi connectivity index (χ4n) is 5.31. The molecule has 0 bridgehead atoms. The van der Waals surface area contributed by atoms with Crippen LogP contribution in [-0.2, 0) is 18.4 Å². The van der Waals surface area contributed by atoms with Crippen LogP contribution < -0.4 is 15.6 Å². The van der Waals surface area contributed by atoms with Gasteiger partial charge in [-0.05, 0) is 40.6 Å². The number of ether oxygens (including phenoxy) is 1. The summed E-state index contributed by atoms with van der Waals surface area (Å²) in [6.07, 6.45) is 0.215. The monoisotopic (exact) mass is 560 g/mol. The summed E-state index contributed by atoms with van der Waals surface area (Å²) < 4.78 is 19.9. The molecule has 1 saturated heterocycles. The number of carbonyl (C=O) groups is 1. The zero-order valence-electron chi connectivity index (χ0n) is 24.5. The van der Waals surface area contributed by atoms with Crippen molar-refractivity contribution in [3.8, 4) is 0 Å². The summed E-state index contributed by atoms with van der Waals surface area (Å²) in [6, 6.07) is 31.7. The lowest BCUT2D eigenvalue weighted by atomic mass is 9.85. The molecule has 4 rings (SSSR count). The fourth-order valence-corrected chi connectivity index (χ4v) is 10.7. The van der Waals surface area contributed by atoms with Gasteiger partial charge >= 0.3 is 5.97 Å². The van der Waals surface area contributed by atoms with E-state index in [2.05, 4.69) is 114 Å². The van der Waals surface area contributed by atoms with Crippen LogP contribution in [0.2, 0.25) is 18.1 Å². The van der Waals surface area contributed by atoms with Crippen LogP contribution in [0.15, 0.2) is 91.0 Å². The van der Waals surface area contributed by atoms with E-state index in [1.165, 1.54) is 15.6 Å². The van der Waals surface area contributed by atoms with E-state index >= 15 is 0 Å². The lowest BCUT2D eigenvalue weighted by Gasteiger charge is -2.46. The highest BCUT2D eigenvalue weighted by Crippen LogP contribution is 2.41. The molecule has 6 heteroatoms. The molecule has 0 unspecified atom stereocenters. The van der Waals surface area contributed by atoms with Gasteiger partial charge in [0.15, 0.2) is 8.32 Å². The van der Waals surface area contributed by atoms with Gasteiger partial charge in [-0.25, -0.2) is 0 Å². The van der Waals surface area contributed by atoms with Crippen molar-refractivity contribution in [3.63, 3.8) is 0 Å². The Kier molecular flexibility index (Phi) is 9.01. The molecule has 39 heavy (non-hydrogen) atoms. The molecule has 0 radical (unpaired) electrons. The molecule has 1 aliphatic rings. The van der Waals surface area contributed by atoms with Gasteiger partial charge in [0.1, 0.15) is 6.10 Å². The van der Waals surface area contributed by atoms with Gasteiger partial charge in [-0.15, -0.1) is 0 Å². The van der Waals surface area contributed by atoms with Gasteiger partial charge in [-0.2, -0.15) is 0 Å². The standard InChI is InChI=1S/C33H44O4Si2/c1-25-30(36-32(34)26(2)31(25)37-38(6,7)33(3,4)5)23-24-35-39(27-17-11-8-12-18-27,28-19-13-9-14-20-28)29-21-15-10-16-22-29/h8-22,25-26,30-31H,23-24H2,1-7H3/t25-,26-,30-,31+/m1/s1. The Bertz CT molecular complexity index is 1110. The predicted octanol–water partition coefficient (Wildman–Crippen LogP) is 5.65. The Labute approximate surface area is 237 Å². The molecule has 0 spiro atoms. The molecule has 1 aliphatic heterocycles. The minimum atomic E-state index is -2.81. The van der Waals surface area contributed by atoms with Gasteiger partial charge in [-0.3, -0.25) is 4.79 Å². The second-order valence-corrected chi connectivity index (χ2v) is 20.5. The highest BCUT2D eigenvalue weighted by Gasteiger charge is 2.48. The Morgan fingerprint density at radius 2 is 1.21 bits per heavy atom. The summed E-state index contributed by atoms with van der Waals surface area (Å²) in [4.78, 5) is 13.0. The molecule has 1 fully saturated rings. The molecule has 0 saturated carbocycles. The predicted molar refractivity (Wildman–Crippen MR) is 165 cm³/mol. The minimum Gasteiger partial charge on any atom is -0.462 e. The second kappa shape index (κ2) is 11.9. The Balaban J connectivity index is 1.62. The van der Waals surface area contributed by atoms with E-state index in [1.807, 2.05) is 25.1 Å². The van der Waals surface area contributed by atoms with Crippen LogP contribution in [-0.4, -0.2) is 41.4 Å². The highest BCUT2D eigenvalue weighted by atomic mass is 28.4. The third kappa shape index (κ3) is 6.14. The molecule has 0 amide bonds. The van der Waals surface area contributed by atoms with Gasteiger partial charge in [0.25, 0.3) is 8.32 Å². The minimum absolute atomic E-state index is 0.0681. The summed E-state index contributed by atoms with van der Waals surface area (Å²) in [5, 5.41) is 3.66. The quantitative estimate of drug-likeness (QED) is 0.193. The average Bonchev–Trinajstić information content (AvgIpc) is 2.93. The van der Waals surface area contributed by atoms with Gasteiger partial charge in [0.05, 0.1) is 12.0 Å². The Morgan fingerprint density at radius 3 is 1.62 bits per heavy atom. The number of esters is 1. The Hall–Kier alpha value is -2.52. The molecule has 0 aliphatic carbocycles. The van der Waals surface area contributed by atoms with Gasteiger partial charge in [0.2, 0.25) is 0 Å². The van der Waals surface area contributed by atoms with Crippen molar-refractivity contribution in [2.45, 2.75) is 71.4 Å². The summed E-state index contributed by atoms with van der Waals surface area (Å²) in [7, 11) is -4.87. The number of benzene rings is 3. The van der Waals surface area contributed by atoms with E-state index in [4.69, 9.17) is 13.6 Å². The lowest BCUT2D eigenvalue weighted by molar-refractivity contribution is -0.176. The normalized spacial score (nSPS) is 22.4. The zero-order valence-corrected chi connectivity index (χ0v) is 26.5. The van der Waals surface area contributed by atoms with Crippen LogP contribution in [0.25, 0.3) is 0 Å². The average molecular weight is 561 g/mol. The first-order valence-electron chi connectivity index (χ1n) is 14.2. The number of cyclic esters (lactones) is 1. The smallest absolute Gasteiger partial charge is 0.311 e. The van der Waals surface area contributed by atoms with Crippen molar-refractivity contribution in [2.75, 3.05) is 6.61 Å². The SMILES string of the molecule is C[C@H]1[C@H](O[Si](C)(C)C(C)(C)C)[C@@H](C)C(=O)O[C@@H]1CCO[Si](c1ccccc1)(c1ccccc1)c1ccccc1. The molecule has 3 aromatic rings. The van der Waals surface area contributed by atoms with E-state index in [0.29, 0.717) is 13.0 Å². The fraction of sp³-hybridized carbons (Fsp3) is 0.424. The number of hydrogen-bond acceptors (Lipinski definition) is 4. The maximum atomic E-state index is 13.0. The summed E-state index contributed by atoms with van der Waals surface area (Å²) in [5.41, 5.74) is 0. The molecule has 4 atom stereocenters. The molecule has 3 aromatic carbocycles. The van der Waals surface area contributed by atoms with Crippen LogP contribution in [0.5, 0.6) is 0 Å². The third-order valence-corrected chi connectivity index (χ3v) is 17.3. The van der Waals surface area contributed by atoms with Crippen LogP contribution in [0, 0.1) is 11.8 Å². The number of hydrogen-bond donors (Lipinski definition) is 0. The molecule has 208 valence electrons. The van der Waals surface area contributed by atoms with E-state index in [-0.39, 0.29) is 35.1 Å². The van der Waals surface area contributed by atoms with Crippen LogP contribution in [0.3, 0.4) is 0 Å². The molecular weight excluding hydrogens is 517 g/mol. The van der Waals surface area contributed by atoms with Crippen molar-refractivity contribution in [1.82, 2.24) is 0 Å². The van der Waals surface area contributed by atoms with Gasteiger partial charge < -0.3 is 13.6 Å². The van der Waals surface area contributed by atoms with Crippen molar-refractivity contribution in [1.29, 1.82) is 0 Å². The summed E-state index contributed by atoms with van der Waals surface area (Å²) in [6.45, 7) is 15.8. The first kappa shape index (κ1) is 29.5. The summed E-state index contributed by atoms with van der Waals surface area (Å²) in [5.74, 6) is -0.367. The van der Waals surface area contributed by atoms with Crippen molar-refractivity contribution < 1.29 is 18.4 Å². The van der Waals surface area contributed by atoms with E-state index in [1.54, 1.807) is 0 Å². The molecule has 0 aromatic heterocycles. The van der Waals surface area contributed by atoms with Crippen molar-refractivity contribution in [2.24, 2.45) is 11.8 Å². The second-order valence-electron chi connectivity index (χ2n) is 12.4. The van der Waals surface area contributed by atoms with Crippen LogP contribution >= 0.6 is 0 Å². The molecular formula is C33H44O4Si2. The van der Waals surface area contributed by atoms with Gasteiger partial charge in [0, 0.05) is 18.9 Å². The highest BCUT2D eigenvalue weighted by molar-refractivity contribution is 7.07. The number of rotatable bonds is 9. The third-order valence-electron chi connectivity index (χ3n) is 8.74. The maximum absolute atomic E-state index is 13.0. The largest absolute Gasteiger partial charge is 0.462 e. The zero-order chi connectivity index (χ0) is 28.3.